The average Bonchev–Trinajstić information content (AvgIpc) is 3.28. The SMILES string of the molecule is COc1cc(CNc2ccccc2CCS(C)(=O)=O)c(C(F)(F)F)c2nc(-c3ccc(C(C)C)cc3)n(CCO)c12. The average molecular weight is 590 g/mol. The molecular formula is C30H34F3N3O4S. The molecule has 0 radical (unpaired) electrons. The minimum Gasteiger partial charge on any atom is -0.494 e. The summed E-state index contributed by atoms with van der Waals surface area (Å²) >= 11 is 0. The summed E-state index contributed by atoms with van der Waals surface area (Å²) in [6.07, 6.45) is -3.38. The van der Waals surface area contributed by atoms with Gasteiger partial charge in [-0.25, -0.2) is 13.4 Å². The van der Waals surface area contributed by atoms with Gasteiger partial charge < -0.3 is 19.7 Å². The van der Waals surface area contributed by atoms with Crippen LogP contribution in [0, 0.1) is 0 Å². The second-order valence-corrected chi connectivity index (χ2v) is 12.5. The summed E-state index contributed by atoms with van der Waals surface area (Å²) in [5.41, 5.74) is 1.83. The van der Waals surface area contributed by atoms with Crippen LogP contribution in [0.25, 0.3) is 22.4 Å². The molecule has 1 aromatic heterocycles. The molecule has 7 nitrogen and oxygen atoms in total. The zero-order valence-electron chi connectivity index (χ0n) is 23.4. The Morgan fingerprint density at radius 1 is 1.07 bits per heavy atom. The zero-order chi connectivity index (χ0) is 29.9. The first-order valence-corrected chi connectivity index (χ1v) is 15.3. The molecule has 4 rings (SSSR count). The molecule has 0 aliphatic carbocycles. The standard InChI is InChI=1S/C30H34F3N3O4S/c1-19(2)20-9-11-22(12-10-20)29-35-27-26(30(31,32)33)23(17-25(40-3)28(27)36(29)14-15-37)18-34-24-8-6-5-7-21(24)13-16-41(4,38)39/h5-12,17,19,34,37H,13-16,18H2,1-4H3. The van der Waals surface area contributed by atoms with Gasteiger partial charge in [0.15, 0.2) is 0 Å². The van der Waals surface area contributed by atoms with Crippen molar-refractivity contribution >= 4 is 26.6 Å². The lowest BCUT2D eigenvalue weighted by molar-refractivity contribution is -0.137. The highest BCUT2D eigenvalue weighted by atomic mass is 32.2. The number of anilines is 1. The highest BCUT2D eigenvalue weighted by molar-refractivity contribution is 7.90. The fourth-order valence-electron chi connectivity index (χ4n) is 4.89. The number of aliphatic hydroxyl groups is 1. The minimum atomic E-state index is -4.74. The predicted molar refractivity (Wildman–Crippen MR) is 155 cm³/mol. The molecule has 0 fully saturated rings. The summed E-state index contributed by atoms with van der Waals surface area (Å²) < 4.78 is 74.6. The van der Waals surface area contributed by atoms with Crippen LogP contribution in [-0.4, -0.2) is 48.8 Å². The Hall–Kier alpha value is -3.57. The maximum Gasteiger partial charge on any atom is 0.418 e. The van der Waals surface area contributed by atoms with Gasteiger partial charge in [0.2, 0.25) is 0 Å². The third kappa shape index (κ3) is 6.84. The molecule has 0 saturated carbocycles. The van der Waals surface area contributed by atoms with E-state index in [1.807, 2.05) is 24.3 Å². The molecule has 0 aliphatic heterocycles. The van der Waals surface area contributed by atoms with E-state index in [-0.39, 0.29) is 60.1 Å². The van der Waals surface area contributed by atoms with E-state index in [0.29, 0.717) is 22.6 Å². The molecule has 3 aromatic carbocycles. The predicted octanol–water partition coefficient (Wildman–Crippen LogP) is 6.05. The first-order valence-electron chi connectivity index (χ1n) is 13.2. The lowest BCUT2D eigenvalue weighted by atomic mass is 10.0. The molecule has 0 saturated heterocycles. The summed E-state index contributed by atoms with van der Waals surface area (Å²) in [7, 11) is -1.84. The molecule has 11 heteroatoms. The molecule has 0 aliphatic rings. The molecule has 0 atom stereocenters. The van der Waals surface area contributed by atoms with Crippen molar-refractivity contribution in [3.63, 3.8) is 0 Å². The first kappa shape index (κ1) is 30.4. The second kappa shape index (κ2) is 12.1. The Labute approximate surface area is 237 Å². The van der Waals surface area contributed by atoms with Crippen LogP contribution >= 0.6 is 0 Å². The van der Waals surface area contributed by atoms with Gasteiger partial charge in [-0.1, -0.05) is 56.3 Å². The van der Waals surface area contributed by atoms with E-state index in [9.17, 15) is 26.7 Å². The van der Waals surface area contributed by atoms with Crippen molar-refractivity contribution < 1.29 is 31.4 Å². The number of imidazole rings is 1. The number of ether oxygens (including phenoxy) is 1. The number of nitrogens with one attached hydrogen (secondary N) is 1. The quantitative estimate of drug-likeness (QED) is 0.221. The monoisotopic (exact) mass is 589 g/mol. The van der Waals surface area contributed by atoms with Gasteiger partial charge in [-0.15, -0.1) is 0 Å². The minimum absolute atomic E-state index is 0.0245. The Bertz CT molecular complexity index is 1630. The largest absolute Gasteiger partial charge is 0.494 e. The number of aromatic nitrogens is 2. The number of sulfone groups is 1. The zero-order valence-corrected chi connectivity index (χ0v) is 24.2. The van der Waals surface area contributed by atoms with Crippen LogP contribution in [0.5, 0.6) is 5.75 Å². The number of halogens is 3. The Morgan fingerprint density at radius 3 is 2.34 bits per heavy atom. The number of hydrogen-bond donors (Lipinski definition) is 2. The van der Waals surface area contributed by atoms with Crippen LogP contribution in [-0.2, 0) is 35.5 Å². The van der Waals surface area contributed by atoms with Gasteiger partial charge in [0.1, 0.15) is 32.4 Å². The van der Waals surface area contributed by atoms with E-state index in [0.717, 1.165) is 11.8 Å². The molecule has 0 spiro atoms. The van der Waals surface area contributed by atoms with Crippen molar-refractivity contribution in [2.75, 3.05) is 31.0 Å². The van der Waals surface area contributed by atoms with E-state index in [4.69, 9.17) is 4.74 Å². The van der Waals surface area contributed by atoms with E-state index in [1.165, 1.54) is 13.2 Å². The number of hydrogen-bond acceptors (Lipinski definition) is 6. The number of rotatable bonds is 11. The molecule has 0 bridgehead atoms. The lowest BCUT2D eigenvalue weighted by Gasteiger charge is -2.18. The third-order valence-electron chi connectivity index (χ3n) is 6.96. The van der Waals surface area contributed by atoms with Crippen LogP contribution in [0.4, 0.5) is 18.9 Å². The van der Waals surface area contributed by atoms with Gasteiger partial charge in [0.25, 0.3) is 0 Å². The van der Waals surface area contributed by atoms with Crippen molar-refractivity contribution in [2.24, 2.45) is 0 Å². The number of nitrogens with zero attached hydrogens (tertiary/aromatic N) is 2. The highest BCUT2D eigenvalue weighted by Crippen LogP contribution is 2.43. The van der Waals surface area contributed by atoms with E-state index in [2.05, 4.69) is 24.1 Å². The molecule has 0 unspecified atom stereocenters. The van der Waals surface area contributed by atoms with Crippen molar-refractivity contribution in [1.29, 1.82) is 0 Å². The van der Waals surface area contributed by atoms with Crippen LogP contribution in [0.3, 0.4) is 0 Å². The smallest absolute Gasteiger partial charge is 0.418 e. The Kier molecular flexibility index (Phi) is 8.98. The second-order valence-electron chi connectivity index (χ2n) is 10.3. The van der Waals surface area contributed by atoms with Crippen LogP contribution in [0.2, 0.25) is 0 Å². The topological polar surface area (TPSA) is 93.5 Å². The normalized spacial score (nSPS) is 12.3. The maximum absolute atomic E-state index is 14.7. The first-order chi connectivity index (χ1) is 19.3. The summed E-state index contributed by atoms with van der Waals surface area (Å²) in [5.74, 6) is 0.692. The fourth-order valence-corrected chi connectivity index (χ4v) is 5.48. The van der Waals surface area contributed by atoms with Crippen molar-refractivity contribution in [3.8, 4) is 17.1 Å². The van der Waals surface area contributed by atoms with Gasteiger partial charge in [-0.3, -0.25) is 0 Å². The fraction of sp³-hybridized carbons (Fsp3) is 0.367. The molecule has 2 N–H and O–H groups in total. The van der Waals surface area contributed by atoms with Gasteiger partial charge in [-0.2, -0.15) is 13.2 Å². The molecule has 0 amide bonds. The summed E-state index contributed by atoms with van der Waals surface area (Å²) in [6, 6.07) is 15.8. The van der Waals surface area contributed by atoms with E-state index >= 15 is 0 Å². The Morgan fingerprint density at radius 2 is 1.76 bits per heavy atom. The number of methoxy groups -OCH3 is 1. The molecule has 41 heavy (non-hydrogen) atoms. The maximum atomic E-state index is 14.7. The Balaban J connectivity index is 1.85. The molecular weight excluding hydrogens is 555 g/mol. The van der Waals surface area contributed by atoms with Gasteiger partial charge in [0.05, 0.1) is 25.0 Å². The van der Waals surface area contributed by atoms with E-state index < -0.39 is 21.6 Å². The molecule has 220 valence electrons. The highest BCUT2D eigenvalue weighted by Gasteiger charge is 2.38. The summed E-state index contributed by atoms with van der Waals surface area (Å²) in [4.78, 5) is 4.50. The van der Waals surface area contributed by atoms with Crippen LogP contribution < -0.4 is 10.1 Å². The van der Waals surface area contributed by atoms with Crippen LogP contribution in [0.1, 0.15) is 42.0 Å². The number of alkyl halides is 3. The number of aryl methyl sites for hydroxylation is 1. The molecule has 1 heterocycles. The van der Waals surface area contributed by atoms with Crippen molar-refractivity contribution in [3.05, 3.63) is 76.9 Å². The van der Waals surface area contributed by atoms with Crippen molar-refractivity contribution in [1.82, 2.24) is 9.55 Å². The third-order valence-corrected chi connectivity index (χ3v) is 7.90. The summed E-state index contributed by atoms with van der Waals surface area (Å²) in [6.45, 7) is 3.62. The number of para-hydroxylation sites is 1. The number of benzene rings is 3. The van der Waals surface area contributed by atoms with Gasteiger partial charge >= 0.3 is 6.18 Å². The van der Waals surface area contributed by atoms with Gasteiger partial charge in [-0.05, 0) is 41.2 Å². The number of fused-ring (bicyclic) bond motifs is 1. The van der Waals surface area contributed by atoms with E-state index in [1.54, 1.807) is 28.8 Å². The lowest BCUT2D eigenvalue weighted by Crippen LogP contribution is -2.15. The van der Waals surface area contributed by atoms with Crippen LogP contribution in [0.15, 0.2) is 54.6 Å². The van der Waals surface area contributed by atoms with Gasteiger partial charge in [0, 0.05) is 30.6 Å². The number of aliphatic hydroxyl groups excluding tert-OH is 1. The molecule has 4 aromatic rings. The summed E-state index contributed by atoms with van der Waals surface area (Å²) in [5, 5.41) is 12.9. The van der Waals surface area contributed by atoms with Crippen molar-refractivity contribution in [2.45, 2.75) is 45.5 Å².